The molecule has 3 aliphatic rings. The number of piperidine rings is 1. The fourth-order valence-corrected chi connectivity index (χ4v) is 4.78. The predicted molar refractivity (Wildman–Crippen MR) is 97.3 cm³/mol. The molecule has 0 N–H and O–H groups in total. The Labute approximate surface area is 151 Å². The van der Waals surface area contributed by atoms with E-state index in [9.17, 15) is 4.79 Å². The average molecular weight is 357 g/mol. The Morgan fingerprint density at radius 1 is 1.16 bits per heavy atom. The quantitative estimate of drug-likeness (QED) is 0.841. The highest BCUT2D eigenvalue weighted by Crippen LogP contribution is 2.40. The van der Waals surface area contributed by atoms with Crippen molar-refractivity contribution in [1.29, 1.82) is 0 Å². The molecule has 132 valence electrons. The lowest BCUT2D eigenvalue weighted by atomic mass is 9.97. The van der Waals surface area contributed by atoms with Gasteiger partial charge in [-0.25, -0.2) is 9.67 Å². The molecule has 5 rings (SSSR count). The van der Waals surface area contributed by atoms with Crippen molar-refractivity contribution in [1.82, 2.24) is 19.1 Å². The van der Waals surface area contributed by atoms with E-state index >= 15 is 0 Å². The molecule has 25 heavy (non-hydrogen) atoms. The van der Waals surface area contributed by atoms with Crippen molar-refractivity contribution in [3.8, 4) is 0 Å². The maximum Gasteiger partial charge on any atom is 0.267 e. The van der Waals surface area contributed by atoms with Crippen LogP contribution in [0.4, 0.5) is 5.13 Å². The lowest BCUT2D eigenvalue weighted by molar-refractivity contribution is 0.333. The highest BCUT2D eigenvalue weighted by atomic mass is 32.1. The van der Waals surface area contributed by atoms with Crippen LogP contribution in [0.1, 0.15) is 55.1 Å². The molecule has 7 heteroatoms. The van der Waals surface area contributed by atoms with Gasteiger partial charge in [0.1, 0.15) is 5.82 Å². The van der Waals surface area contributed by atoms with Gasteiger partial charge in [0.2, 0.25) is 5.13 Å². The van der Waals surface area contributed by atoms with Crippen LogP contribution in [-0.2, 0) is 19.4 Å². The van der Waals surface area contributed by atoms with Crippen molar-refractivity contribution in [2.75, 3.05) is 18.0 Å². The van der Waals surface area contributed by atoms with Gasteiger partial charge < -0.3 is 4.90 Å². The average Bonchev–Trinajstić information content (AvgIpc) is 3.18. The van der Waals surface area contributed by atoms with Crippen LogP contribution < -0.4 is 10.5 Å². The number of nitrogens with zero attached hydrogens (tertiary/aromatic N) is 5. The molecule has 3 heterocycles. The maximum absolute atomic E-state index is 12.3. The van der Waals surface area contributed by atoms with Gasteiger partial charge in [-0.3, -0.25) is 4.79 Å². The molecule has 0 aromatic carbocycles. The van der Waals surface area contributed by atoms with E-state index in [1.54, 1.807) is 16.2 Å². The predicted octanol–water partition coefficient (Wildman–Crippen LogP) is 2.38. The van der Waals surface area contributed by atoms with Gasteiger partial charge >= 0.3 is 0 Å². The summed E-state index contributed by atoms with van der Waals surface area (Å²) in [5.41, 5.74) is 2.37. The van der Waals surface area contributed by atoms with Crippen LogP contribution >= 0.6 is 11.5 Å². The van der Waals surface area contributed by atoms with Gasteiger partial charge in [-0.05, 0) is 56.4 Å². The molecule has 1 aliphatic heterocycles. The minimum absolute atomic E-state index is 0.0706. The zero-order chi connectivity index (χ0) is 16.8. The number of hydrogen-bond donors (Lipinski definition) is 0. The maximum atomic E-state index is 12.3. The smallest absolute Gasteiger partial charge is 0.267 e. The third-order valence-electron chi connectivity index (χ3n) is 5.71. The molecule has 0 unspecified atom stereocenters. The summed E-state index contributed by atoms with van der Waals surface area (Å²) >= 11 is 1.54. The lowest BCUT2D eigenvalue weighted by Crippen LogP contribution is -2.37. The van der Waals surface area contributed by atoms with Gasteiger partial charge in [0, 0.05) is 43.2 Å². The first kappa shape index (κ1) is 15.5. The normalized spacial score (nSPS) is 20.9. The van der Waals surface area contributed by atoms with E-state index in [4.69, 9.17) is 4.98 Å². The summed E-state index contributed by atoms with van der Waals surface area (Å²) < 4.78 is 6.23. The molecule has 0 atom stereocenters. The molecule has 1 saturated carbocycles. The summed E-state index contributed by atoms with van der Waals surface area (Å²) in [6.45, 7) is 2.76. The largest absolute Gasteiger partial charge is 0.347 e. The van der Waals surface area contributed by atoms with Crippen molar-refractivity contribution in [3.05, 3.63) is 33.5 Å². The summed E-state index contributed by atoms with van der Waals surface area (Å²) in [7, 11) is 0. The zero-order valence-corrected chi connectivity index (χ0v) is 15.2. The number of anilines is 1. The van der Waals surface area contributed by atoms with E-state index in [-0.39, 0.29) is 5.56 Å². The van der Waals surface area contributed by atoms with Gasteiger partial charge in [0.25, 0.3) is 5.56 Å². The Morgan fingerprint density at radius 3 is 2.80 bits per heavy atom. The summed E-state index contributed by atoms with van der Waals surface area (Å²) in [6.07, 6.45) is 7.85. The monoisotopic (exact) mass is 357 g/mol. The standard InChI is InChI=1S/C18H23N5OS/c24-16-10-14-2-1-3-15(14)20-23(16)11-12-6-8-22(9-7-12)18-19-17(21-25-18)13-4-5-13/h10,12-13H,1-9,11H2. The van der Waals surface area contributed by atoms with E-state index in [1.165, 1.54) is 18.4 Å². The molecular formula is C18H23N5OS. The van der Waals surface area contributed by atoms with Gasteiger partial charge in [0.15, 0.2) is 0 Å². The van der Waals surface area contributed by atoms with Crippen molar-refractivity contribution in [3.63, 3.8) is 0 Å². The van der Waals surface area contributed by atoms with Crippen LogP contribution in [0.5, 0.6) is 0 Å². The van der Waals surface area contributed by atoms with Gasteiger partial charge in [-0.15, -0.1) is 0 Å². The topological polar surface area (TPSA) is 63.9 Å². The summed E-state index contributed by atoms with van der Waals surface area (Å²) in [6, 6.07) is 1.81. The summed E-state index contributed by atoms with van der Waals surface area (Å²) in [5.74, 6) is 2.20. The molecule has 0 amide bonds. The minimum atomic E-state index is 0.0706. The van der Waals surface area contributed by atoms with Gasteiger partial charge in [-0.2, -0.15) is 9.47 Å². The van der Waals surface area contributed by atoms with E-state index < -0.39 is 0 Å². The number of hydrogen-bond acceptors (Lipinski definition) is 6. The molecule has 1 saturated heterocycles. The molecule has 0 bridgehead atoms. The molecular weight excluding hydrogens is 334 g/mol. The second-order valence-corrected chi connectivity index (χ2v) is 8.36. The Kier molecular flexibility index (Phi) is 3.84. The molecule has 0 spiro atoms. The Hall–Kier alpha value is -1.76. The summed E-state index contributed by atoms with van der Waals surface area (Å²) in [5, 5.41) is 5.70. The fourth-order valence-electron chi connectivity index (χ4n) is 3.98. The van der Waals surface area contributed by atoms with E-state index in [0.717, 1.165) is 68.4 Å². The number of aryl methyl sites for hydroxylation is 2. The van der Waals surface area contributed by atoms with E-state index in [2.05, 4.69) is 14.4 Å². The Morgan fingerprint density at radius 2 is 2.00 bits per heavy atom. The van der Waals surface area contributed by atoms with Crippen LogP contribution in [-0.4, -0.2) is 32.2 Å². The van der Waals surface area contributed by atoms with Crippen LogP contribution in [0.25, 0.3) is 0 Å². The number of fused-ring (bicyclic) bond motifs is 1. The third kappa shape index (κ3) is 3.10. The third-order valence-corrected chi connectivity index (χ3v) is 6.50. The first-order valence-electron chi connectivity index (χ1n) is 9.45. The second kappa shape index (κ2) is 6.20. The first-order valence-corrected chi connectivity index (χ1v) is 10.2. The lowest BCUT2D eigenvalue weighted by Gasteiger charge is -2.31. The van der Waals surface area contributed by atoms with Crippen LogP contribution in [0.2, 0.25) is 0 Å². The molecule has 0 radical (unpaired) electrons. The first-order chi connectivity index (χ1) is 12.3. The molecule has 2 aliphatic carbocycles. The Balaban J connectivity index is 1.22. The molecule has 2 fully saturated rings. The molecule has 2 aromatic heterocycles. The SMILES string of the molecule is O=c1cc2c(nn1CC1CCN(c3nc(C4CC4)ns3)CC1)CCC2. The molecule has 2 aromatic rings. The number of rotatable bonds is 4. The van der Waals surface area contributed by atoms with Crippen LogP contribution in [0.15, 0.2) is 10.9 Å². The highest BCUT2D eigenvalue weighted by molar-refractivity contribution is 7.09. The Bertz CT molecular complexity index is 832. The zero-order valence-electron chi connectivity index (χ0n) is 14.4. The van der Waals surface area contributed by atoms with Crippen molar-refractivity contribution < 1.29 is 0 Å². The van der Waals surface area contributed by atoms with Crippen molar-refractivity contribution >= 4 is 16.7 Å². The van der Waals surface area contributed by atoms with Gasteiger partial charge in [-0.1, -0.05) is 0 Å². The van der Waals surface area contributed by atoms with Gasteiger partial charge in [0.05, 0.1) is 5.69 Å². The fraction of sp³-hybridized carbons (Fsp3) is 0.667. The number of aromatic nitrogens is 4. The van der Waals surface area contributed by atoms with Crippen LogP contribution in [0.3, 0.4) is 0 Å². The van der Waals surface area contributed by atoms with E-state index in [0.29, 0.717) is 11.8 Å². The minimum Gasteiger partial charge on any atom is -0.347 e. The van der Waals surface area contributed by atoms with E-state index in [1.807, 2.05) is 6.07 Å². The summed E-state index contributed by atoms with van der Waals surface area (Å²) in [4.78, 5) is 19.4. The van der Waals surface area contributed by atoms with Crippen molar-refractivity contribution in [2.24, 2.45) is 5.92 Å². The second-order valence-electron chi connectivity index (χ2n) is 7.63. The molecule has 6 nitrogen and oxygen atoms in total. The van der Waals surface area contributed by atoms with Crippen LogP contribution in [0, 0.1) is 5.92 Å². The van der Waals surface area contributed by atoms with Crippen molar-refractivity contribution in [2.45, 2.75) is 57.4 Å². The highest BCUT2D eigenvalue weighted by Gasteiger charge is 2.29.